The molecular formula is C34H42N4O3. The van der Waals surface area contributed by atoms with E-state index in [2.05, 4.69) is 80.8 Å². The Kier molecular flexibility index (Phi) is 10.8. The van der Waals surface area contributed by atoms with E-state index in [0.717, 1.165) is 45.6 Å². The van der Waals surface area contributed by atoms with Crippen LogP contribution >= 0.6 is 0 Å². The third kappa shape index (κ3) is 9.66. The maximum atomic E-state index is 12.2. The predicted octanol–water partition coefficient (Wildman–Crippen LogP) is 5.35. The SMILES string of the molecule is CC(C)(C)OC(=O)c1ccc(C=CC(=O)NCCCCN2CCN(C(c3ccccc3)c3ccccc3)CC2)nc1. The van der Waals surface area contributed by atoms with Crippen molar-refractivity contribution in [3.63, 3.8) is 0 Å². The predicted molar refractivity (Wildman–Crippen MR) is 163 cm³/mol. The summed E-state index contributed by atoms with van der Waals surface area (Å²) in [5.41, 5.74) is 3.11. The Morgan fingerprint density at radius 2 is 1.54 bits per heavy atom. The number of amides is 1. The highest BCUT2D eigenvalue weighted by Gasteiger charge is 2.26. The number of esters is 1. The first kappa shape index (κ1) is 30.2. The molecule has 7 heteroatoms. The van der Waals surface area contributed by atoms with Crippen LogP contribution in [0.15, 0.2) is 85.1 Å². The molecule has 216 valence electrons. The minimum atomic E-state index is -0.558. The lowest BCUT2D eigenvalue weighted by Crippen LogP contribution is -2.48. The summed E-state index contributed by atoms with van der Waals surface area (Å²) in [5, 5.41) is 2.95. The van der Waals surface area contributed by atoms with Crippen LogP contribution in [0.2, 0.25) is 0 Å². The molecule has 1 N–H and O–H groups in total. The first-order valence-electron chi connectivity index (χ1n) is 14.5. The molecule has 1 aliphatic rings. The van der Waals surface area contributed by atoms with Crippen LogP contribution in [0.25, 0.3) is 6.08 Å². The number of piperazine rings is 1. The van der Waals surface area contributed by atoms with Crippen molar-refractivity contribution in [1.29, 1.82) is 0 Å². The number of hydrogen-bond acceptors (Lipinski definition) is 6. The second-order valence-corrected chi connectivity index (χ2v) is 11.4. The first-order chi connectivity index (χ1) is 19.8. The van der Waals surface area contributed by atoms with Crippen LogP contribution < -0.4 is 5.32 Å². The molecular weight excluding hydrogens is 512 g/mol. The van der Waals surface area contributed by atoms with Crippen LogP contribution in [-0.4, -0.2) is 71.5 Å². The minimum absolute atomic E-state index is 0.149. The van der Waals surface area contributed by atoms with E-state index in [0.29, 0.717) is 17.8 Å². The topological polar surface area (TPSA) is 74.8 Å². The number of rotatable bonds is 11. The molecule has 0 radical (unpaired) electrons. The van der Waals surface area contributed by atoms with E-state index in [1.807, 2.05) is 20.8 Å². The molecule has 0 atom stereocenters. The molecule has 0 spiro atoms. The summed E-state index contributed by atoms with van der Waals surface area (Å²) in [6, 6.07) is 25.2. The van der Waals surface area contributed by atoms with Crippen molar-refractivity contribution < 1.29 is 14.3 Å². The lowest BCUT2D eigenvalue weighted by Gasteiger charge is -2.39. The van der Waals surface area contributed by atoms with Gasteiger partial charge in [0.25, 0.3) is 0 Å². The number of carbonyl (C=O) groups is 2. The van der Waals surface area contributed by atoms with E-state index in [4.69, 9.17) is 4.74 Å². The Morgan fingerprint density at radius 1 is 0.902 bits per heavy atom. The van der Waals surface area contributed by atoms with Gasteiger partial charge in [0.2, 0.25) is 5.91 Å². The minimum Gasteiger partial charge on any atom is -0.456 e. The molecule has 0 unspecified atom stereocenters. The highest BCUT2D eigenvalue weighted by Crippen LogP contribution is 2.29. The maximum Gasteiger partial charge on any atom is 0.340 e. The van der Waals surface area contributed by atoms with Gasteiger partial charge in [-0.15, -0.1) is 0 Å². The number of unbranched alkanes of at least 4 members (excludes halogenated alkanes) is 1. The third-order valence-electron chi connectivity index (χ3n) is 7.03. The molecule has 0 aliphatic carbocycles. The zero-order chi connectivity index (χ0) is 29.1. The van der Waals surface area contributed by atoms with Gasteiger partial charge in [0.15, 0.2) is 0 Å². The van der Waals surface area contributed by atoms with E-state index in [9.17, 15) is 9.59 Å². The Bertz CT molecular complexity index is 1220. The number of carbonyl (C=O) groups excluding carboxylic acids is 2. The van der Waals surface area contributed by atoms with E-state index >= 15 is 0 Å². The Balaban J connectivity index is 1.14. The Labute approximate surface area is 244 Å². The quantitative estimate of drug-likeness (QED) is 0.196. The highest BCUT2D eigenvalue weighted by molar-refractivity contribution is 5.92. The molecule has 1 fully saturated rings. The summed E-state index contributed by atoms with van der Waals surface area (Å²) in [5.74, 6) is -0.562. The average Bonchev–Trinajstić information content (AvgIpc) is 2.97. The molecule has 41 heavy (non-hydrogen) atoms. The van der Waals surface area contributed by atoms with Gasteiger partial charge in [-0.2, -0.15) is 0 Å². The number of hydrogen-bond donors (Lipinski definition) is 1. The van der Waals surface area contributed by atoms with Crippen molar-refractivity contribution in [2.75, 3.05) is 39.3 Å². The van der Waals surface area contributed by atoms with E-state index in [1.165, 1.54) is 23.4 Å². The van der Waals surface area contributed by atoms with Crippen molar-refractivity contribution in [3.8, 4) is 0 Å². The monoisotopic (exact) mass is 554 g/mol. The van der Waals surface area contributed by atoms with Gasteiger partial charge < -0.3 is 15.0 Å². The molecule has 0 saturated carbocycles. The Hall–Kier alpha value is -3.81. The summed E-state index contributed by atoms with van der Waals surface area (Å²) in [4.78, 5) is 33.7. The maximum absolute atomic E-state index is 12.2. The molecule has 0 bridgehead atoms. The van der Waals surface area contributed by atoms with Crippen LogP contribution in [0.4, 0.5) is 0 Å². The second kappa shape index (κ2) is 14.7. The molecule has 3 aromatic rings. The average molecular weight is 555 g/mol. The fraction of sp³-hybridized carbons (Fsp3) is 0.382. The summed E-state index contributed by atoms with van der Waals surface area (Å²) in [6.07, 6.45) is 6.56. The molecule has 1 saturated heterocycles. The number of nitrogens with zero attached hydrogens (tertiary/aromatic N) is 3. The van der Waals surface area contributed by atoms with Crippen molar-refractivity contribution in [1.82, 2.24) is 20.1 Å². The zero-order valence-corrected chi connectivity index (χ0v) is 24.5. The van der Waals surface area contributed by atoms with Gasteiger partial charge in [-0.05, 0) is 69.5 Å². The van der Waals surface area contributed by atoms with E-state index in [-0.39, 0.29) is 11.9 Å². The van der Waals surface area contributed by atoms with Gasteiger partial charge in [-0.1, -0.05) is 60.7 Å². The van der Waals surface area contributed by atoms with Crippen LogP contribution in [0.3, 0.4) is 0 Å². The number of aromatic nitrogens is 1. The van der Waals surface area contributed by atoms with Crippen LogP contribution in [0.1, 0.15) is 66.8 Å². The lowest BCUT2D eigenvalue weighted by molar-refractivity contribution is -0.116. The summed E-state index contributed by atoms with van der Waals surface area (Å²) in [6.45, 7) is 11.3. The summed E-state index contributed by atoms with van der Waals surface area (Å²) < 4.78 is 5.35. The van der Waals surface area contributed by atoms with Gasteiger partial charge in [-0.3, -0.25) is 14.7 Å². The van der Waals surface area contributed by atoms with E-state index < -0.39 is 11.6 Å². The normalized spacial score (nSPS) is 14.8. The number of nitrogens with one attached hydrogen (secondary N) is 1. The molecule has 2 aromatic carbocycles. The largest absolute Gasteiger partial charge is 0.456 e. The smallest absolute Gasteiger partial charge is 0.340 e. The van der Waals surface area contributed by atoms with Gasteiger partial charge in [0, 0.05) is 45.0 Å². The van der Waals surface area contributed by atoms with Crippen LogP contribution in [-0.2, 0) is 9.53 Å². The second-order valence-electron chi connectivity index (χ2n) is 11.4. The molecule has 4 rings (SSSR count). The molecule has 2 heterocycles. The molecule has 1 amide bonds. The fourth-order valence-electron chi connectivity index (χ4n) is 4.98. The van der Waals surface area contributed by atoms with E-state index in [1.54, 1.807) is 18.2 Å². The number of pyridine rings is 1. The third-order valence-corrected chi connectivity index (χ3v) is 7.03. The van der Waals surface area contributed by atoms with Crippen LogP contribution in [0.5, 0.6) is 0 Å². The fourth-order valence-corrected chi connectivity index (χ4v) is 4.98. The van der Waals surface area contributed by atoms with Gasteiger partial charge in [0.05, 0.1) is 17.3 Å². The molecule has 7 nitrogen and oxygen atoms in total. The summed E-state index contributed by atoms with van der Waals surface area (Å²) in [7, 11) is 0. The summed E-state index contributed by atoms with van der Waals surface area (Å²) >= 11 is 0. The zero-order valence-electron chi connectivity index (χ0n) is 24.5. The van der Waals surface area contributed by atoms with Crippen molar-refractivity contribution in [2.24, 2.45) is 0 Å². The van der Waals surface area contributed by atoms with Gasteiger partial charge in [0.1, 0.15) is 5.60 Å². The highest BCUT2D eigenvalue weighted by atomic mass is 16.6. The van der Waals surface area contributed by atoms with Crippen molar-refractivity contribution >= 4 is 18.0 Å². The Morgan fingerprint density at radius 3 is 2.10 bits per heavy atom. The van der Waals surface area contributed by atoms with Gasteiger partial charge in [-0.25, -0.2) is 4.79 Å². The van der Waals surface area contributed by atoms with Crippen molar-refractivity contribution in [2.45, 2.75) is 45.3 Å². The first-order valence-corrected chi connectivity index (χ1v) is 14.5. The molecule has 1 aromatic heterocycles. The van der Waals surface area contributed by atoms with Crippen molar-refractivity contribution in [3.05, 3.63) is 107 Å². The lowest BCUT2D eigenvalue weighted by atomic mass is 9.96. The van der Waals surface area contributed by atoms with Gasteiger partial charge >= 0.3 is 5.97 Å². The van der Waals surface area contributed by atoms with Crippen LogP contribution in [0, 0.1) is 0 Å². The number of benzene rings is 2. The number of ether oxygens (including phenoxy) is 1. The standard InChI is InChI=1S/C34H42N4O3/c1-34(2,3)41-33(40)29-16-17-30(36-26-29)18-19-31(39)35-20-10-11-21-37-22-24-38(25-23-37)32(27-12-6-4-7-13-27)28-14-8-5-9-15-28/h4-9,12-19,26,32H,10-11,20-25H2,1-3H3,(H,35,39). The molecule has 1 aliphatic heterocycles.